The van der Waals surface area contributed by atoms with Crippen LogP contribution >= 0.6 is 0 Å². The number of nitrogens with zero attached hydrogens (tertiary/aromatic N) is 1. The summed E-state index contributed by atoms with van der Waals surface area (Å²) in [7, 11) is 2.83. The van der Waals surface area contributed by atoms with E-state index < -0.39 is 120 Å². The highest BCUT2D eigenvalue weighted by Gasteiger charge is 2.34. The van der Waals surface area contributed by atoms with E-state index in [2.05, 4.69) is 43.5 Å². The molecule has 376 valence electrons. The summed E-state index contributed by atoms with van der Waals surface area (Å²) in [6.45, 7) is 11.5. The minimum Gasteiger partial charge on any atom is -0.480 e. The van der Waals surface area contributed by atoms with E-state index in [4.69, 9.17) is 4.74 Å². The van der Waals surface area contributed by atoms with Crippen LogP contribution in [0.2, 0.25) is 0 Å². The molecule has 0 spiro atoms. The average Bonchev–Trinajstić information content (AvgIpc) is 3.73. The van der Waals surface area contributed by atoms with Gasteiger partial charge in [0, 0.05) is 50.0 Å². The second-order valence-corrected chi connectivity index (χ2v) is 17.5. The molecule has 70 heavy (non-hydrogen) atoms. The molecule has 0 saturated carbocycles. The number of likely N-dealkylation sites (N-methyl/N-ethyl adjacent to an activating group) is 1. The van der Waals surface area contributed by atoms with E-state index >= 15 is 0 Å². The maximum absolute atomic E-state index is 13.9. The number of ether oxygens (including phenoxy) is 1. The van der Waals surface area contributed by atoms with Crippen LogP contribution in [-0.4, -0.2) is 130 Å². The molecular weight excluding hydrogens is 905 g/mol. The predicted octanol–water partition coefficient (Wildman–Crippen LogP) is 2.02. The van der Waals surface area contributed by atoms with Gasteiger partial charge in [0.2, 0.25) is 35.4 Å². The van der Waals surface area contributed by atoms with Crippen LogP contribution in [0.4, 0.5) is 0 Å². The molecule has 20 nitrogen and oxygen atoms in total. The Kier molecular flexibility index (Phi) is 20.2. The summed E-state index contributed by atoms with van der Waals surface area (Å²) >= 11 is 0. The van der Waals surface area contributed by atoms with Crippen molar-refractivity contribution in [2.24, 2.45) is 11.8 Å². The fourth-order valence-electron chi connectivity index (χ4n) is 7.65. The molecule has 0 aliphatic carbocycles. The Labute approximate surface area is 406 Å². The summed E-state index contributed by atoms with van der Waals surface area (Å²) in [5.74, 6) is -10.5. The number of hydrogen-bond donors (Lipinski definition) is 9. The quantitative estimate of drug-likeness (QED) is 0.0986. The number of para-hydroxylation sites is 1. The lowest BCUT2D eigenvalue weighted by Crippen LogP contribution is -2.57. The minimum absolute atomic E-state index is 0.0946. The molecule has 1 fully saturated rings. The van der Waals surface area contributed by atoms with Gasteiger partial charge in [0.15, 0.2) is 0 Å². The number of rotatable bonds is 11. The number of benzene rings is 2. The number of carbonyl (C=O) groups excluding carboxylic acids is 7. The number of carboxylic acids is 2. The lowest BCUT2D eigenvalue weighted by atomic mass is 9.94. The number of aliphatic carboxylic acids is 2. The first-order valence-electron chi connectivity index (χ1n) is 22.8. The summed E-state index contributed by atoms with van der Waals surface area (Å²) in [6, 6.07) is 8.20. The first-order chi connectivity index (χ1) is 33.1. The second-order valence-electron chi connectivity index (χ2n) is 17.5. The van der Waals surface area contributed by atoms with Gasteiger partial charge in [-0.3, -0.25) is 33.6 Å². The first-order valence-corrected chi connectivity index (χ1v) is 22.8. The largest absolute Gasteiger partial charge is 0.480 e. The van der Waals surface area contributed by atoms with Gasteiger partial charge in [-0.1, -0.05) is 92.8 Å². The van der Waals surface area contributed by atoms with Crippen LogP contribution < -0.4 is 31.9 Å². The Morgan fingerprint density at radius 3 is 2.09 bits per heavy atom. The Hall–Kier alpha value is -7.61. The molecule has 2 aromatic carbocycles. The van der Waals surface area contributed by atoms with Crippen LogP contribution in [0.5, 0.6) is 0 Å². The number of fused-ring (bicyclic) bond motifs is 1. The average molecular weight is 969 g/mol. The van der Waals surface area contributed by atoms with Gasteiger partial charge in [0.1, 0.15) is 35.9 Å². The van der Waals surface area contributed by atoms with Crippen molar-refractivity contribution in [3.05, 3.63) is 108 Å². The number of methoxy groups -OCH3 is 1. The third kappa shape index (κ3) is 15.7. The zero-order valence-corrected chi connectivity index (χ0v) is 40.4. The number of aromatic amines is 1. The highest BCUT2D eigenvalue weighted by molar-refractivity contribution is 6.00. The van der Waals surface area contributed by atoms with Crippen molar-refractivity contribution in [2.75, 3.05) is 14.2 Å². The maximum atomic E-state index is 13.9. The molecule has 1 aliphatic rings. The monoisotopic (exact) mass is 968 g/mol. The third-order valence-corrected chi connectivity index (χ3v) is 12.1. The summed E-state index contributed by atoms with van der Waals surface area (Å²) < 4.78 is 5.79. The van der Waals surface area contributed by atoms with Gasteiger partial charge >= 0.3 is 11.9 Å². The van der Waals surface area contributed by atoms with E-state index in [0.717, 1.165) is 16.0 Å². The molecule has 0 radical (unpaired) electrons. The number of carboxylic acid groups (broad SMARTS) is 2. The second kappa shape index (κ2) is 25.7. The van der Waals surface area contributed by atoms with Crippen molar-refractivity contribution >= 4 is 64.2 Å². The predicted molar refractivity (Wildman–Crippen MR) is 258 cm³/mol. The molecule has 1 aromatic heterocycles. The summed E-state index contributed by atoms with van der Waals surface area (Å²) in [4.78, 5) is 124. The smallest absolute Gasteiger partial charge is 0.326 e. The molecule has 7 amide bonds. The number of hydrogen-bond acceptors (Lipinski definition) is 10. The molecule has 2 heterocycles. The van der Waals surface area contributed by atoms with Gasteiger partial charge < -0.3 is 56.7 Å². The van der Waals surface area contributed by atoms with Crippen LogP contribution in [-0.2, 0) is 60.7 Å². The fourth-order valence-corrected chi connectivity index (χ4v) is 7.65. The highest BCUT2D eigenvalue weighted by atomic mass is 16.5. The number of amides is 7. The molecule has 1 saturated heterocycles. The highest BCUT2D eigenvalue weighted by Crippen LogP contribution is 2.21. The number of nitrogens with one attached hydrogen (secondary N) is 7. The Bertz CT molecular complexity index is 2490. The molecule has 9 unspecified atom stereocenters. The van der Waals surface area contributed by atoms with Crippen molar-refractivity contribution in [2.45, 2.75) is 109 Å². The lowest BCUT2D eigenvalue weighted by Gasteiger charge is -2.26. The molecule has 1 aliphatic heterocycles. The van der Waals surface area contributed by atoms with Gasteiger partial charge in [-0.2, -0.15) is 0 Å². The van der Waals surface area contributed by atoms with Gasteiger partial charge in [-0.05, 0) is 50.8 Å². The van der Waals surface area contributed by atoms with Crippen LogP contribution in [0.25, 0.3) is 10.9 Å². The summed E-state index contributed by atoms with van der Waals surface area (Å²) in [5, 5.41) is 35.8. The fraction of sp³-hybridized carbons (Fsp3) is 0.420. The maximum Gasteiger partial charge on any atom is 0.326 e. The normalized spacial score (nSPS) is 24.5. The molecule has 9 atom stereocenters. The zero-order valence-electron chi connectivity index (χ0n) is 40.4. The van der Waals surface area contributed by atoms with Crippen molar-refractivity contribution in [1.29, 1.82) is 0 Å². The van der Waals surface area contributed by atoms with Gasteiger partial charge in [-0.25, -0.2) is 9.59 Å². The zero-order chi connectivity index (χ0) is 51.8. The lowest BCUT2D eigenvalue weighted by molar-refractivity contribution is -0.144. The Balaban J connectivity index is 1.66. The van der Waals surface area contributed by atoms with Crippen molar-refractivity contribution in [1.82, 2.24) is 41.8 Å². The van der Waals surface area contributed by atoms with Gasteiger partial charge in [0.25, 0.3) is 5.91 Å². The number of H-pyrrole nitrogens is 1. The molecule has 20 heteroatoms. The van der Waals surface area contributed by atoms with Crippen LogP contribution in [0.3, 0.4) is 0 Å². The van der Waals surface area contributed by atoms with Gasteiger partial charge in [-0.15, -0.1) is 0 Å². The topological polar surface area (TPSA) is 295 Å². The van der Waals surface area contributed by atoms with E-state index in [0.29, 0.717) is 22.9 Å². The van der Waals surface area contributed by atoms with Crippen molar-refractivity contribution in [3.63, 3.8) is 0 Å². The van der Waals surface area contributed by atoms with Crippen LogP contribution in [0.1, 0.15) is 65.0 Å². The molecule has 3 aromatic rings. The van der Waals surface area contributed by atoms with E-state index in [1.165, 1.54) is 33.9 Å². The number of aromatic nitrogens is 1. The Morgan fingerprint density at radius 2 is 1.43 bits per heavy atom. The summed E-state index contributed by atoms with van der Waals surface area (Å²) in [6.07, 6.45) is 5.30. The number of allylic oxidation sites excluding steroid dienone is 2. The number of carbonyl (C=O) groups is 9. The molecule has 9 N–H and O–H groups in total. The summed E-state index contributed by atoms with van der Waals surface area (Å²) in [5.41, 5.74) is 2.68. The standard InChI is InChI=1S/C50H64N8O12/c1-27(22-28(2)41(70-8)23-33-14-10-9-11-15-33)18-19-36-29(3)44(61)55-38(49(66)67)20-21-43(60)58(7)32(6)47(64)53-31(5)46(63)56-39(24-34-26-51-37-17-13-12-16-35(34)37)48(65)57-40(50(68)69)25-42(59)52-30(4)45(62)54-36/h9-19,22,26,28-31,36,38-41,51H,6,20-21,23-25H2,1-5,7-8H3,(H,52,59)(H,53,64)(H,54,62)(H,55,61)(H,56,63)(H,57,65)(H,66,67)(H,68,69). The molecule has 0 bridgehead atoms. The third-order valence-electron chi connectivity index (χ3n) is 12.1. The first kappa shape index (κ1) is 55.0. The van der Waals surface area contributed by atoms with Crippen LogP contribution in [0.15, 0.2) is 96.9 Å². The minimum atomic E-state index is -1.85. The van der Waals surface area contributed by atoms with E-state index in [1.807, 2.05) is 50.3 Å². The van der Waals surface area contributed by atoms with Crippen molar-refractivity contribution in [3.8, 4) is 0 Å². The van der Waals surface area contributed by atoms with Crippen LogP contribution in [0, 0.1) is 11.8 Å². The molecular formula is C50H64N8O12. The van der Waals surface area contributed by atoms with E-state index in [-0.39, 0.29) is 18.4 Å². The SMILES string of the molecule is C=C1C(=O)NC(C)C(=O)NC(Cc2c[nH]c3ccccc23)C(=O)NC(C(=O)O)CC(=O)NC(C)C(=O)NC(C=CC(C)=CC(C)C(Cc2ccccc2)OC)C(C)C(=O)NC(C(=O)O)CCC(=O)N1C. The van der Waals surface area contributed by atoms with E-state index in [1.54, 1.807) is 43.6 Å². The molecule has 4 rings (SSSR count). The van der Waals surface area contributed by atoms with E-state index in [9.17, 15) is 53.4 Å². The van der Waals surface area contributed by atoms with Gasteiger partial charge in [0.05, 0.1) is 24.5 Å². The van der Waals surface area contributed by atoms with Crippen molar-refractivity contribution < 1.29 is 58.1 Å². The Morgan fingerprint density at radius 1 is 0.814 bits per heavy atom.